The van der Waals surface area contributed by atoms with E-state index in [-0.39, 0.29) is 0 Å². The summed E-state index contributed by atoms with van der Waals surface area (Å²) >= 11 is 0. The molecule has 0 N–H and O–H groups in total. The molecule has 7 rings (SSSR count). The number of pyridine rings is 1. The normalized spacial score (nSPS) is 11.5. The van der Waals surface area contributed by atoms with Gasteiger partial charge in [0.1, 0.15) is 17.3 Å². The van der Waals surface area contributed by atoms with E-state index in [9.17, 15) is 0 Å². The maximum Gasteiger partial charge on any atom is 0.137 e. The minimum atomic E-state index is 0.758. The number of aryl methyl sites for hydroxylation is 4. The third-order valence-corrected chi connectivity index (χ3v) is 9.14. The van der Waals surface area contributed by atoms with Crippen molar-refractivity contribution in [2.75, 3.05) is 0 Å². The van der Waals surface area contributed by atoms with Gasteiger partial charge in [-0.05, 0) is 124 Å². The van der Waals surface area contributed by atoms with Gasteiger partial charge in [-0.15, -0.1) is 0 Å². The first kappa shape index (κ1) is 28.6. The number of hydrogen-bond donors (Lipinski definition) is 0. The third-order valence-electron chi connectivity index (χ3n) is 9.14. The van der Waals surface area contributed by atoms with E-state index in [1.807, 2.05) is 30.5 Å². The van der Waals surface area contributed by atoms with Crippen LogP contribution < -0.4 is 4.74 Å². The van der Waals surface area contributed by atoms with Crippen molar-refractivity contribution >= 4 is 21.8 Å². The summed E-state index contributed by atoms with van der Waals surface area (Å²) in [5.41, 5.74) is 14.4. The number of benzene rings is 4. The van der Waals surface area contributed by atoms with Crippen molar-refractivity contribution < 1.29 is 4.74 Å². The Balaban J connectivity index is 1.29. The Morgan fingerprint density at radius 1 is 0.689 bits per heavy atom. The Morgan fingerprint density at radius 2 is 1.47 bits per heavy atom. The Labute approximate surface area is 264 Å². The number of para-hydroxylation sites is 1. The van der Waals surface area contributed by atoms with Crippen LogP contribution in [0.4, 0.5) is 0 Å². The standard InChI is InChI=1S/C40H38N4O/c1-8-33-27(5)25(3)21-26(4)39(33)40-28(6)42-44(29(40)7)30-12-11-13-31(22-30)45-32-16-17-35-34-14-9-10-15-36(34)43(37(35)23-32)38-20-24(2)18-19-41-38/h9-23H,8H2,1-7H3. The van der Waals surface area contributed by atoms with Gasteiger partial charge in [0.05, 0.1) is 22.4 Å². The number of rotatable bonds is 6. The summed E-state index contributed by atoms with van der Waals surface area (Å²) in [6.45, 7) is 15.3. The first-order valence-corrected chi connectivity index (χ1v) is 15.7. The molecule has 0 aliphatic carbocycles. The Bertz CT molecular complexity index is 2250. The second-order valence-electron chi connectivity index (χ2n) is 12.1. The van der Waals surface area contributed by atoms with Crippen molar-refractivity contribution in [3.63, 3.8) is 0 Å². The monoisotopic (exact) mass is 590 g/mol. The lowest BCUT2D eigenvalue weighted by atomic mass is 9.87. The molecule has 45 heavy (non-hydrogen) atoms. The second-order valence-corrected chi connectivity index (χ2v) is 12.1. The first-order valence-electron chi connectivity index (χ1n) is 15.7. The van der Waals surface area contributed by atoms with E-state index in [4.69, 9.17) is 14.8 Å². The zero-order valence-corrected chi connectivity index (χ0v) is 27.1. The predicted octanol–water partition coefficient (Wildman–Crippen LogP) is 10.2. The summed E-state index contributed by atoms with van der Waals surface area (Å²) in [6.07, 6.45) is 2.85. The van der Waals surface area contributed by atoms with Crippen LogP contribution in [0.1, 0.15) is 46.1 Å². The first-order chi connectivity index (χ1) is 21.7. The van der Waals surface area contributed by atoms with Crippen LogP contribution in [-0.4, -0.2) is 19.3 Å². The molecular weight excluding hydrogens is 552 g/mol. The van der Waals surface area contributed by atoms with Crippen molar-refractivity contribution in [3.8, 4) is 34.1 Å². The summed E-state index contributed by atoms with van der Waals surface area (Å²) < 4.78 is 10.8. The van der Waals surface area contributed by atoms with E-state index < -0.39 is 0 Å². The average Bonchev–Trinajstić information content (AvgIpc) is 3.51. The van der Waals surface area contributed by atoms with E-state index >= 15 is 0 Å². The molecule has 0 spiro atoms. The van der Waals surface area contributed by atoms with Crippen molar-refractivity contribution in [3.05, 3.63) is 130 Å². The molecule has 0 saturated heterocycles. The third kappa shape index (κ3) is 4.80. The van der Waals surface area contributed by atoms with Crippen LogP contribution in [0.2, 0.25) is 0 Å². The number of nitrogens with zero attached hydrogens (tertiary/aromatic N) is 4. The summed E-state index contributed by atoms with van der Waals surface area (Å²) in [5.74, 6) is 2.42. The van der Waals surface area contributed by atoms with Crippen LogP contribution in [0.5, 0.6) is 11.5 Å². The van der Waals surface area contributed by atoms with Crippen molar-refractivity contribution in [2.45, 2.75) is 54.9 Å². The summed E-state index contributed by atoms with van der Waals surface area (Å²) in [6, 6.07) is 29.4. The van der Waals surface area contributed by atoms with Crippen molar-refractivity contribution in [1.29, 1.82) is 0 Å². The number of fused-ring (bicyclic) bond motifs is 3. The van der Waals surface area contributed by atoms with Gasteiger partial charge in [-0.25, -0.2) is 9.67 Å². The van der Waals surface area contributed by atoms with Crippen molar-refractivity contribution in [2.24, 2.45) is 0 Å². The summed E-state index contributed by atoms with van der Waals surface area (Å²) in [4.78, 5) is 4.72. The number of aromatic nitrogens is 4. The lowest BCUT2D eigenvalue weighted by Crippen LogP contribution is -2.01. The fourth-order valence-electron chi connectivity index (χ4n) is 6.93. The molecule has 0 fully saturated rings. The molecule has 7 aromatic rings. The van der Waals surface area contributed by atoms with Crippen LogP contribution in [0.15, 0.2) is 91.1 Å². The van der Waals surface area contributed by atoms with Gasteiger partial charge in [0.25, 0.3) is 0 Å². The average molecular weight is 591 g/mol. The molecule has 3 heterocycles. The Hall–Kier alpha value is -5.16. The van der Waals surface area contributed by atoms with Gasteiger partial charge in [0, 0.05) is 40.4 Å². The zero-order chi connectivity index (χ0) is 31.4. The van der Waals surface area contributed by atoms with E-state index in [1.54, 1.807) is 0 Å². The molecule has 0 saturated carbocycles. The Kier molecular flexibility index (Phi) is 7.04. The highest BCUT2D eigenvalue weighted by atomic mass is 16.5. The second kappa shape index (κ2) is 11.1. The van der Waals surface area contributed by atoms with Gasteiger partial charge in [0.15, 0.2) is 0 Å². The van der Waals surface area contributed by atoms with Gasteiger partial charge >= 0.3 is 0 Å². The maximum absolute atomic E-state index is 6.53. The predicted molar refractivity (Wildman–Crippen MR) is 185 cm³/mol. The molecule has 3 aromatic heterocycles. The summed E-state index contributed by atoms with van der Waals surface area (Å²) in [5, 5.41) is 7.40. The highest BCUT2D eigenvalue weighted by Gasteiger charge is 2.21. The van der Waals surface area contributed by atoms with Crippen molar-refractivity contribution in [1.82, 2.24) is 19.3 Å². The summed E-state index contributed by atoms with van der Waals surface area (Å²) in [7, 11) is 0. The molecule has 5 nitrogen and oxygen atoms in total. The van der Waals surface area contributed by atoms with Gasteiger partial charge in [-0.1, -0.05) is 37.3 Å². The SMILES string of the molecule is CCc1c(C)c(C)cc(C)c1-c1c(C)nn(-c2cccc(Oc3ccc4c5ccccc5n(-c5cc(C)ccn5)c4c3)c2)c1C. The number of ether oxygens (including phenoxy) is 1. The van der Waals surface area contributed by atoms with Crippen LogP contribution in [-0.2, 0) is 6.42 Å². The molecule has 0 aliphatic rings. The molecule has 0 radical (unpaired) electrons. The molecule has 0 unspecified atom stereocenters. The molecule has 4 aromatic carbocycles. The molecule has 0 amide bonds. The molecule has 5 heteroatoms. The van der Waals surface area contributed by atoms with Crippen LogP contribution in [0.3, 0.4) is 0 Å². The van der Waals surface area contributed by atoms with Crippen LogP contribution in [0.25, 0.3) is 44.4 Å². The Morgan fingerprint density at radius 3 is 2.27 bits per heavy atom. The smallest absolute Gasteiger partial charge is 0.137 e. The molecule has 0 bridgehead atoms. The quantitative estimate of drug-likeness (QED) is 0.194. The topological polar surface area (TPSA) is 44.9 Å². The lowest BCUT2D eigenvalue weighted by molar-refractivity contribution is 0.483. The van der Waals surface area contributed by atoms with Crippen LogP contribution >= 0.6 is 0 Å². The lowest BCUT2D eigenvalue weighted by Gasteiger charge is -2.18. The maximum atomic E-state index is 6.53. The molecule has 224 valence electrons. The van der Waals surface area contributed by atoms with E-state index in [0.29, 0.717) is 0 Å². The van der Waals surface area contributed by atoms with Gasteiger partial charge < -0.3 is 4.74 Å². The molecular formula is C40H38N4O. The minimum absolute atomic E-state index is 0.758. The minimum Gasteiger partial charge on any atom is -0.457 e. The van der Waals surface area contributed by atoms with Crippen LogP contribution in [0, 0.1) is 41.5 Å². The fraction of sp³-hybridized carbons (Fsp3) is 0.200. The largest absolute Gasteiger partial charge is 0.457 e. The highest BCUT2D eigenvalue weighted by Crippen LogP contribution is 2.38. The van der Waals surface area contributed by atoms with Gasteiger partial charge in [-0.3, -0.25) is 4.57 Å². The van der Waals surface area contributed by atoms with Gasteiger partial charge in [-0.2, -0.15) is 5.10 Å². The molecule has 0 aliphatic heterocycles. The fourth-order valence-corrected chi connectivity index (χ4v) is 6.93. The van der Waals surface area contributed by atoms with E-state index in [0.717, 1.165) is 51.8 Å². The highest BCUT2D eigenvalue weighted by molar-refractivity contribution is 6.09. The number of hydrogen-bond acceptors (Lipinski definition) is 3. The molecule has 0 atom stereocenters. The van der Waals surface area contributed by atoms with E-state index in [2.05, 4.69) is 118 Å². The zero-order valence-electron chi connectivity index (χ0n) is 27.1. The van der Waals surface area contributed by atoms with Gasteiger partial charge in [0.2, 0.25) is 0 Å². The van der Waals surface area contributed by atoms with E-state index in [1.165, 1.54) is 49.7 Å².